The molecule has 3 rings (SSSR count). The van der Waals surface area contributed by atoms with Crippen molar-refractivity contribution < 1.29 is 4.58 Å². The molecule has 22 heavy (non-hydrogen) atoms. The van der Waals surface area contributed by atoms with E-state index >= 15 is 0 Å². The van der Waals surface area contributed by atoms with Gasteiger partial charge in [-0.3, -0.25) is 0 Å². The Hall–Kier alpha value is -2.35. The lowest BCUT2D eigenvalue weighted by atomic mass is 9.81. The highest BCUT2D eigenvalue weighted by atomic mass is 15.0. The molecule has 0 saturated carbocycles. The number of allylic oxidation sites excluding steroid dienone is 1. The molecule has 112 valence electrons. The lowest BCUT2D eigenvalue weighted by molar-refractivity contribution is -0.401. The number of nitrogens with one attached hydrogen (secondary N) is 1. The summed E-state index contributed by atoms with van der Waals surface area (Å²) in [6, 6.07) is 17.1. The van der Waals surface area contributed by atoms with Gasteiger partial charge in [-0.1, -0.05) is 30.3 Å². The van der Waals surface area contributed by atoms with Crippen molar-refractivity contribution >= 4 is 23.2 Å². The van der Waals surface area contributed by atoms with Crippen molar-refractivity contribution in [2.24, 2.45) is 0 Å². The lowest BCUT2D eigenvalue weighted by Gasteiger charge is -2.15. The molecule has 0 fully saturated rings. The van der Waals surface area contributed by atoms with Gasteiger partial charge in [0.1, 0.15) is 7.05 Å². The molecule has 0 unspecified atom stereocenters. The maximum absolute atomic E-state index is 3.15. The van der Waals surface area contributed by atoms with Crippen LogP contribution < -0.4 is 5.32 Å². The van der Waals surface area contributed by atoms with Gasteiger partial charge in [0, 0.05) is 30.4 Å². The van der Waals surface area contributed by atoms with Crippen molar-refractivity contribution in [3.63, 3.8) is 0 Å². The molecule has 0 aliphatic carbocycles. The van der Waals surface area contributed by atoms with Gasteiger partial charge in [0.2, 0.25) is 5.69 Å². The molecule has 1 aliphatic heterocycles. The van der Waals surface area contributed by atoms with Crippen molar-refractivity contribution in [1.82, 2.24) is 0 Å². The van der Waals surface area contributed by atoms with Gasteiger partial charge in [-0.15, -0.1) is 0 Å². The normalized spacial score (nSPS) is 16.2. The number of fused-ring (bicyclic) bond motifs is 1. The second kappa shape index (κ2) is 5.45. The summed E-state index contributed by atoms with van der Waals surface area (Å²) < 4.78 is 2.30. The van der Waals surface area contributed by atoms with Gasteiger partial charge in [-0.25, -0.2) is 0 Å². The van der Waals surface area contributed by atoms with E-state index in [0.29, 0.717) is 0 Å². The summed E-state index contributed by atoms with van der Waals surface area (Å²) in [4.78, 5) is 0. The molecule has 0 amide bonds. The summed E-state index contributed by atoms with van der Waals surface area (Å²) >= 11 is 0. The van der Waals surface area contributed by atoms with Crippen LogP contribution in [0.15, 0.2) is 54.6 Å². The van der Waals surface area contributed by atoms with Crippen molar-refractivity contribution in [3.05, 3.63) is 65.7 Å². The third kappa shape index (κ3) is 2.35. The zero-order chi connectivity index (χ0) is 15.7. The number of para-hydroxylation sites is 1. The Balaban J connectivity index is 1.95. The number of hydrogen-bond donors (Lipinski definition) is 1. The van der Waals surface area contributed by atoms with E-state index in [1.807, 2.05) is 7.05 Å². The average Bonchev–Trinajstić information content (AvgIpc) is 2.73. The van der Waals surface area contributed by atoms with E-state index in [4.69, 9.17) is 0 Å². The molecule has 2 heteroatoms. The second-order valence-corrected chi connectivity index (χ2v) is 6.29. The third-order valence-corrected chi connectivity index (χ3v) is 4.57. The zero-order valence-electron chi connectivity index (χ0n) is 13.7. The first kappa shape index (κ1) is 14.6. The van der Waals surface area contributed by atoms with E-state index in [9.17, 15) is 0 Å². The summed E-state index contributed by atoms with van der Waals surface area (Å²) in [5, 5.41) is 3.15. The molecule has 0 aromatic heterocycles. The van der Waals surface area contributed by atoms with Gasteiger partial charge in [0.05, 0.1) is 5.41 Å². The number of rotatable bonds is 3. The van der Waals surface area contributed by atoms with Crippen LogP contribution in [-0.2, 0) is 5.41 Å². The predicted octanol–water partition coefficient (Wildman–Crippen LogP) is 4.45. The van der Waals surface area contributed by atoms with Crippen LogP contribution in [0.25, 0.3) is 6.08 Å². The van der Waals surface area contributed by atoms with Crippen LogP contribution in [0.1, 0.15) is 25.0 Å². The Bertz CT molecular complexity index is 750. The number of hydrogen-bond acceptors (Lipinski definition) is 1. The van der Waals surface area contributed by atoms with Gasteiger partial charge >= 0.3 is 0 Å². The summed E-state index contributed by atoms with van der Waals surface area (Å²) in [6.07, 6.45) is 4.44. The largest absolute Gasteiger partial charge is 0.388 e. The SMILES string of the molecule is CNc1ccc(C=CC2=[N+](C)c3ccccc3C2(C)C)cc1. The van der Waals surface area contributed by atoms with Gasteiger partial charge in [0.15, 0.2) is 5.71 Å². The van der Waals surface area contributed by atoms with Gasteiger partial charge in [-0.05, 0) is 37.6 Å². The maximum atomic E-state index is 3.15. The first-order valence-corrected chi connectivity index (χ1v) is 7.70. The van der Waals surface area contributed by atoms with E-state index in [2.05, 4.69) is 91.5 Å². The van der Waals surface area contributed by atoms with Crippen LogP contribution in [0.2, 0.25) is 0 Å². The number of nitrogens with zero attached hydrogens (tertiary/aromatic N) is 1. The summed E-state index contributed by atoms with van der Waals surface area (Å²) in [6.45, 7) is 4.58. The van der Waals surface area contributed by atoms with Crippen LogP contribution in [-0.4, -0.2) is 24.4 Å². The van der Waals surface area contributed by atoms with E-state index < -0.39 is 0 Å². The minimum absolute atomic E-state index is 0.0345. The Morgan fingerprint density at radius 3 is 2.27 bits per heavy atom. The fourth-order valence-electron chi connectivity index (χ4n) is 3.24. The molecule has 2 nitrogen and oxygen atoms in total. The smallest absolute Gasteiger partial charge is 0.209 e. The second-order valence-electron chi connectivity index (χ2n) is 6.29. The Labute approximate surface area is 132 Å². The third-order valence-electron chi connectivity index (χ3n) is 4.57. The first-order valence-electron chi connectivity index (χ1n) is 7.70. The van der Waals surface area contributed by atoms with Crippen LogP contribution in [0.4, 0.5) is 11.4 Å². The highest BCUT2D eigenvalue weighted by Gasteiger charge is 2.42. The molecule has 0 bridgehead atoms. The van der Waals surface area contributed by atoms with E-state index in [1.54, 1.807) is 0 Å². The van der Waals surface area contributed by atoms with Crippen LogP contribution >= 0.6 is 0 Å². The van der Waals surface area contributed by atoms with E-state index in [-0.39, 0.29) is 5.41 Å². The standard InChI is InChI=1S/C20H22N2/c1-20(2)17-7-5-6-8-18(17)22(4)19(20)14-11-15-9-12-16(21-3)13-10-15/h5-14H,1-4H3/p+1. The molecule has 0 atom stereocenters. The van der Waals surface area contributed by atoms with E-state index in [0.717, 1.165) is 5.69 Å². The topological polar surface area (TPSA) is 15.0 Å². The maximum Gasteiger partial charge on any atom is 0.209 e. The Morgan fingerprint density at radius 1 is 0.955 bits per heavy atom. The van der Waals surface area contributed by atoms with Gasteiger partial charge in [-0.2, -0.15) is 4.58 Å². The average molecular weight is 291 g/mol. The lowest BCUT2D eigenvalue weighted by Crippen LogP contribution is -2.26. The monoisotopic (exact) mass is 291 g/mol. The van der Waals surface area contributed by atoms with Crippen molar-refractivity contribution in [2.45, 2.75) is 19.3 Å². The predicted molar refractivity (Wildman–Crippen MR) is 95.3 cm³/mol. The molecule has 0 saturated heterocycles. The molecule has 0 spiro atoms. The van der Waals surface area contributed by atoms with E-state index in [1.165, 1.54) is 22.5 Å². The highest BCUT2D eigenvalue weighted by molar-refractivity contribution is 6.05. The van der Waals surface area contributed by atoms with Crippen molar-refractivity contribution in [3.8, 4) is 0 Å². The zero-order valence-corrected chi connectivity index (χ0v) is 13.7. The molecule has 1 heterocycles. The molecule has 2 aromatic carbocycles. The quantitative estimate of drug-likeness (QED) is 0.826. The van der Waals surface area contributed by atoms with Crippen molar-refractivity contribution in [1.29, 1.82) is 0 Å². The molecular weight excluding hydrogens is 268 g/mol. The fourth-order valence-corrected chi connectivity index (χ4v) is 3.24. The minimum Gasteiger partial charge on any atom is -0.388 e. The summed E-state index contributed by atoms with van der Waals surface area (Å²) in [5.41, 5.74) is 6.40. The first-order chi connectivity index (χ1) is 10.5. The van der Waals surface area contributed by atoms with Crippen LogP contribution in [0.5, 0.6) is 0 Å². The van der Waals surface area contributed by atoms with Gasteiger partial charge in [0.25, 0.3) is 0 Å². The highest BCUT2D eigenvalue weighted by Crippen LogP contribution is 2.39. The van der Waals surface area contributed by atoms with Crippen LogP contribution in [0.3, 0.4) is 0 Å². The van der Waals surface area contributed by atoms with Gasteiger partial charge < -0.3 is 5.32 Å². The summed E-state index contributed by atoms with van der Waals surface area (Å²) in [7, 11) is 4.09. The molecule has 2 aromatic rings. The van der Waals surface area contributed by atoms with Crippen molar-refractivity contribution in [2.75, 3.05) is 19.4 Å². The molecule has 1 N–H and O–H groups in total. The molecule has 0 radical (unpaired) electrons. The fraction of sp³-hybridized carbons (Fsp3) is 0.250. The minimum atomic E-state index is 0.0345. The number of anilines is 1. The molecule has 1 aliphatic rings. The number of benzene rings is 2. The Morgan fingerprint density at radius 2 is 1.64 bits per heavy atom. The summed E-state index contributed by atoms with van der Waals surface area (Å²) in [5.74, 6) is 0. The van der Waals surface area contributed by atoms with Crippen LogP contribution in [0, 0.1) is 0 Å². The molecular formula is C20H23N2+. The Kier molecular flexibility index (Phi) is 3.61.